The molecular formula is C8H18INO3. The van der Waals surface area contributed by atoms with Gasteiger partial charge in [0, 0.05) is 0 Å². The van der Waals surface area contributed by atoms with E-state index in [1.54, 1.807) is 7.11 Å². The van der Waals surface area contributed by atoms with Crippen molar-refractivity contribution >= 4 is 5.97 Å². The summed E-state index contributed by atoms with van der Waals surface area (Å²) in [7, 11) is 5.96. The van der Waals surface area contributed by atoms with Crippen molar-refractivity contribution < 1.29 is 38.8 Å². The van der Waals surface area contributed by atoms with Crippen LogP contribution in [0.4, 0.5) is 0 Å². The molecule has 0 heterocycles. The Bertz CT molecular complexity index is 161. The third kappa shape index (κ3) is 8.45. The van der Waals surface area contributed by atoms with Gasteiger partial charge in [0.05, 0.1) is 0 Å². The second-order valence-corrected chi connectivity index (χ2v) is 7.58. The number of aliphatic carboxylic acids is 1. The van der Waals surface area contributed by atoms with Crippen molar-refractivity contribution in [3.8, 4) is 0 Å². The van der Waals surface area contributed by atoms with Gasteiger partial charge >= 0.3 is 90.0 Å². The van der Waals surface area contributed by atoms with E-state index < -0.39 is 5.97 Å². The van der Waals surface area contributed by atoms with Gasteiger partial charge in [-0.25, -0.2) is 0 Å². The van der Waals surface area contributed by atoms with Crippen LogP contribution in [-0.4, -0.2) is 52.6 Å². The number of methoxy groups -OCH3 is 1. The molecule has 0 aliphatic rings. The first-order chi connectivity index (χ1) is 5.98. The fourth-order valence-corrected chi connectivity index (χ4v) is 3.27. The topological polar surface area (TPSA) is 46.5 Å². The number of alkyl halides is 1. The van der Waals surface area contributed by atoms with Crippen LogP contribution in [0.3, 0.4) is 0 Å². The summed E-state index contributed by atoms with van der Waals surface area (Å²) >= 11 is -0.0910. The molecule has 0 aromatic carbocycles. The van der Waals surface area contributed by atoms with E-state index in [0.29, 0.717) is 6.42 Å². The van der Waals surface area contributed by atoms with E-state index in [9.17, 15) is 4.79 Å². The van der Waals surface area contributed by atoms with E-state index in [4.69, 9.17) is 9.84 Å². The zero-order valence-corrected chi connectivity index (χ0v) is 10.6. The summed E-state index contributed by atoms with van der Waals surface area (Å²) in [5.41, 5.74) is 0. The van der Waals surface area contributed by atoms with Crippen molar-refractivity contribution in [2.45, 2.75) is 6.42 Å². The van der Waals surface area contributed by atoms with Gasteiger partial charge in [0.2, 0.25) is 0 Å². The van der Waals surface area contributed by atoms with Crippen LogP contribution in [0.2, 0.25) is 0 Å². The molecule has 0 fully saturated rings. The molecule has 0 unspecified atom stereocenters. The molecule has 0 bridgehead atoms. The van der Waals surface area contributed by atoms with Crippen LogP contribution in [0, 0.1) is 0 Å². The van der Waals surface area contributed by atoms with Crippen molar-refractivity contribution in [2.75, 3.05) is 38.8 Å². The maximum absolute atomic E-state index is 10.3. The second-order valence-electron chi connectivity index (χ2n) is 3.21. The van der Waals surface area contributed by atoms with Crippen molar-refractivity contribution in [1.29, 1.82) is 0 Å². The molecule has 0 aliphatic carbocycles. The molecule has 0 aliphatic heterocycles. The third-order valence-electron chi connectivity index (χ3n) is 1.54. The molecule has 13 heavy (non-hydrogen) atoms. The van der Waals surface area contributed by atoms with Crippen LogP contribution in [0.5, 0.6) is 0 Å². The first-order valence-corrected chi connectivity index (χ1v) is 6.62. The van der Waals surface area contributed by atoms with Gasteiger partial charge in [0.25, 0.3) is 0 Å². The Hall–Kier alpha value is 0.120. The number of hydrogen-bond acceptors (Lipinski definition) is 2. The van der Waals surface area contributed by atoms with Gasteiger partial charge in [-0.3, -0.25) is 0 Å². The molecule has 0 atom stereocenters. The molecule has 0 saturated carbocycles. The summed E-state index contributed by atoms with van der Waals surface area (Å²) in [5, 5.41) is 8.47. The number of rotatable bonds is 7. The van der Waals surface area contributed by atoms with Crippen LogP contribution in [0.1, 0.15) is 6.42 Å². The number of carboxylic acid groups (broad SMARTS) is 1. The molecule has 0 aromatic heterocycles. The van der Waals surface area contributed by atoms with Crippen molar-refractivity contribution in [1.82, 2.24) is 0 Å². The number of quaternary nitrogens is 1. The molecule has 0 radical (unpaired) electrons. The molecular weight excluding hydrogens is 285 g/mol. The van der Waals surface area contributed by atoms with Crippen LogP contribution < -0.4 is 21.5 Å². The predicted molar refractivity (Wildman–Crippen MR) is 46.0 cm³/mol. The number of carbonyl (C=O) groups is 1. The summed E-state index contributed by atoms with van der Waals surface area (Å²) in [6.45, 7) is 1.73. The Morgan fingerprint density at radius 3 is 2.62 bits per heavy atom. The van der Waals surface area contributed by atoms with Crippen LogP contribution in [0.15, 0.2) is 0 Å². The number of ether oxygens (including phenoxy) is 1. The maximum atomic E-state index is 10.3. The third-order valence-corrected chi connectivity index (χ3v) is 4.89. The van der Waals surface area contributed by atoms with Gasteiger partial charge in [-0.2, -0.15) is 0 Å². The summed E-state index contributed by atoms with van der Waals surface area (Å²) in [5.74, 6) is -0.688. The molecule has 80 valence electrons. The van der Waals surface area contributed by atoms with Gasteiger partial charge in [0.1, 0.15) is 0 Å². The van der Waals surface area contributed by atoms with Crippen molar-refractivity contribution in [3.05, 3.63) is 0 Å². The number of nitrogens with zero attached hydrogens (tertiary/aromatic N) is 1. The van der Waals surface area contributed by atoms with E-state index in [2.05, 4.69) is 14.1 Å². The fourth-order valence-electron chi connectivity index (χ4n) is 0.720. The van der Waals surface area contributed by atoms with Gasteiger partial charge in [-0.1, -0.05) is 0 Å². The summed E-state index contributed by atoms with van der Waals surface area (Å²) < 4.78 is 6.76. The van der Waals surface area contributed by atoms with Gasteiger partial charge < -0.3 is 0 Å². The minimum atomic E-state index is -0.688. The first-order valence-electron chi connectivity index (χ1n) is 4.13. The Labute approximate surface area is 90.1 Å². The van der Waals surface area contributed by atoms with E-state index in [0.717, 1.165) is 20.3 Å². The molecule has 4 nitrogen and oxygen atoms in total. The van der Waals surface area contributed by atoms with Crippen LogP contribution >= 0.6 is 0 Å². The summed E-state index contributed by atoms with van der Waals surface area (Å²) in [6.07, 6.45) is 0.307. The molecule has 0 spiro atoms. The van der Waals surface area contributed by atoms with Gasteiger partial charge in [0.15, 0.2) is 0 Å². The summed E-state index contributed by atoms with van der Waals surface area (Å²) in [6, 6.07) is 0. The first kappa shape index (κ1) is 13.1. The molecule has 0 amide bonds. The van der Waals surface area contributed by atoms with Gasteiger partial charge in [-0.15, -0.1) is 0 Å². The minimum absolute atomic E-state index is 0.0910. The monoisotopic (exact) mass is 303 g/mol. The average molecular weight is 303 g/mol. The van der Waals surface area contributed by atoms with E-state index >= 15 is 0 Å². The van der Waals surface area contributed by atoms with Crippen LogP contribution in [0.25, 0.3) is 0 Å². The standard InChI is InChI=1S/C8H18INO3/c1-10(2,6-7-13-3)9-5-4-8(11)12/h4-7H2,1-3H3,(H,11,12). The Balaban J connectivity index is 3.56. The van der Waals surface area contributed by atoms with Crippen molar-refractivity contribution in [2.24, 2.45) is 0 Å². The zero-order chi connectivity index (χ0) is 10.3. The molecule has 5 heteroatoms. The number of likely N-dealkylation sites (N-methyl/N-ethyl adjacent to an activating group) is 1. The zero-order valence-electron chi connectivity index (χ0n) is 8.42. The number of hydrogen-bond donors (Lipinski definition) is 1. The SMILES string of the molecule is COCC[N+](C)(C)[I-]CCC(=O)O. The Morgan fingerprint density at radius 1 is 1.54 bits per heavy atom. The normalized spacial score (nSPS) is 11.9. The van der Waals surface area contributed by atoms with Crippen molar-refractivity contribution in [3.63, 3.8) is 0 Å². The fraction of sp³-hybridized carbons (Fsp3) is 0.875. The second kappa shape index (κ2) is 6.56. The quantitative estimate of drug-likeness (QED) is 0.314. The Morgan fingerprint density at radius 2 is 2.15 bits per heavy atom. The molecule has 0 saturated heterocycles. The van der Waals surface area contributed by atoms with Gasteiger partial charge in [-0.05, 0) is 0 Å². The van der Waals surface area contributed by atoms with E-state index in [-0.39, 0.29) is 21.5 Å². The molecule has 0 rings (SSSR count). The summed E-state index contributed by atoms with van der Waals surface area (Å²) in [4.78, 5) is 10.3. The Kier molecular flexibility index (Phi) is 6.62. The molecule has 1 N–H and O–H groups in total. The number of halogens is 1. The predicted octanol–water partition coefficient (Wildman–Crippen LogP) is -2.81. The van der Waals surface area contributed by atoms with E-state index in [1.165, 1.54) is 0 Å². The number of carboxylic acids is 1. The van der Waals surface area contributed by atoms with Crippen LogP contribution in [-0.2, 0) is 9.53 Å². The average Bonchev–Trinajstić information content (AvgIpc) is 2.00. The molecule has 0 aromatic rings. The van der Waals surface area contributed by atoms with E-state index in [1.807, 2.05) is 0 Å².